The molecule has 1 aromatic heterocycles. The lowest BCUT2D eigenvalue weighted by Crippen LogP contribution is -2.36. The van der Waals surface area contributed by atoms with E-state index in [-0.39, 0.29) is 6.04 Å². The largest absolute Gasteiger partial charge is 0.299 e. The fourth-order valence-electron chi connectivity index (χ4n) is 2.92. The van der Waals surface area contributed by atoms with Crippen LogP contribution in [0.25, 0.3) is 0 Å². The summed E-state index contributed by atoms with van der Waals surface area (Å²) < 4.78 is 27.7. The molecule has 1 saturated heterocycles. The van der Waals surface area contributed by atoms with E-state index in [0.717, 1.165) is 32.5 Å². The van der Waals surface area contributed by atoms with Crippen LogP contribution in [0.5, 0.6) is 0 Å². The van der Waals surface area contributed by atoms with Crippen LogP contribution in [0.3, 0.4) is 0 Å². The summed E-state index contributed by atoms with van der Waals surface area (Å²) in [6, 6.07) is 14.0. The number of amidine groups is 1. The number of hydrogen-bond donors (Lipinski definition) is 1. The lowest BCUT2D eigenvalue weighted by Gasteiger charge is -2.30. The Morgan fingerprint density at radius 2 is 1.96 bits per heavy atom. The summed E-state index contributed by atoms with van der Waals surface area (Å²) in [5.74, 6) is 0. The fourth-order valence-corrected chi connectivity index (χ4v) is 5.72. The zero-order valence-electron chi connectivity index (χ0n) is 14.7. The Labute approximate surface area is 163 Å². The quantitative estimate of drug-likeness (QED) is 0.607. The van der Waals surface area contributed by atoms with Crippen molar-refractivity contribution >= 4 is 38.3 Å². The Morgan fingerprint density at radius 1 is 1.23 bits per heavy atom. The molecule has 0 saturated carbocycles. The van der Waals surface area contributed by atoms with Crippen molar-refractivity contribution in [2.45, 2.75) is 29.6 Å². The van der Waals surface area contributed by atoms with Crippen molar-refractivity contribution in [3.63, 3.8) is 0 Å². The lowest BCUT2D eigenvalue weighted by molar-refractivity contribution is 0.206. The van der Waals surface area contributed by atoms with Crippen molar-refractivity contribution in [2.24, 2.45) is 4.99 Å². The molecule has 5 nitrogen and oxygen atoms in total. The third-order valence-electron chi connectivity index (χ3n) is 4.28. The van der Waals surface area contributed by atoms with Crippen LogP contribution in [-0.2, 0) is 16.6 Å². The molecule has 3 rings (SSSR count). The number of nitrogens with zero attached hydrogens (tertiary/aromatic N) is 2. The molecule has 26 heavy (non-hydrogen) atoms. The number of rotatable bonds is 5. The van der Waals surface area contributed by atoms with Gasteiger partial charge in [-0.15, -0.1) is 11.3 Å². The zero-order valence-corrected chi connectivity index (χ0v) is 17.1. The van der Waals surface area contributed by atoms with Crippen molar-refractivity contribution < 1.29 is 8.42 Å². The number of sulfonamides is 1. The van der Waals surface area contributed by atoms with Crippen molar-refractivity contribution in [1.82, 2.24) is 9.62 Å². The van der Waals surface area contributed by atoms with Crippen molar-refractivity contribution in [1.29, 1.82) is 0 Å². The van der Waals surface area contributed by atoms with Crippen LogP contribution in [0.2, 0.25) is 0 Å². The molecule has 1 fully saturated rings. The molecule has 0 bridgehead atoms. The second kappa shape index (κ2) is 9.03. The Balaban J connectivity index is 1.56. The third kappa shape index (κ3) is 5.33. The minimum atomic E-state index is -3.52. The molecule has 0 spiro atoms. The van der Waals surface area contributed by atoms with Crippen LogP contribution < -0.4 is 4.72 Å². The van der Waals surface area contributed by atoms with E-state index in [2.05, 4.69) is 38.9 Å². The number of nitrogens with one attached hydrogen (secondary N) is 1. The molecule has 0 radical (unpaired) electrons. The van der Waals surface area contributed by atoms with Gasteiger partial charge in [0.15, 0.2) is 5.17 Å². The SMILES string of the molecule is CSC(=NC1CCN(Cc2ccccc2)CC1)NS(=O)(=O)c1cccs1. The average molecular weight is 410 g/mol. The molecule has 0 aliphatic carbocycles. The van der Waals surface area contributed by atoms with E-state index in [1.165, 1.54) is 28.7 Å². The van der Waals surface area contributed by atoms with Crippen LogP contribution in [0, 0.1) is 0 Å². The smallest absolute Gasteiger partial charge is 0.272 e. The Morgan fingerprint density at radius 3 is 2.58 bits per heavy atom. The maximum absolute atomic E-state index is 12.4. The topological polar surface area (TPSA) is 61.8 Å². The highest BCUT2D eigenvalue weighted by Gasteiger charge is 2.21. The van der Waals surface area contributed by atoms with Gasteiger partial charge in [-0.1, -0.05) is 48.2 Å². The fraction of sp³-hybridized carbons (Fsp3) is 0.389. The van der Waals surface area contributed by atoms with Gasteiger partial charge in [0.1, 0.15) is 4.21 Å². The first-order chi connectivity index (χ1) is 12.6. The van der Waals surface area contributed by atoms with Gasteiger partial charge in [-0.05, 0) is 36.1 Å². The molecular weight excluding hydrogens is 386 g/mol. The molecule has 1 aliphatic rings. The minimum absolute atomic E-state index is 0.163. The van der Waals surface area contributed by atoms with Crippen molar-refractivity contribution in [3.8, 4) is 0 Å². The van der Waals surface area contributed by atoms with Gasteiger partial charge < -0.3 is 0 Å². The highest BCUT2D eigenvalue weighted by Crippen LogP contribution is 2.19. The first-order valence-electron chi connectivity index (χ1n) is 8.51. The third-order valence-corrected chi connectivity index (χ3v) is 7.74. The van der Waals surface area contributed by atoms with Crippen LogP contribution in [0.1, 0.15) is 18.4 Å². The van der Waals surface area contributed by atoms with E-state index < -0.39 is 10.0 Å². The van der Waals surface area contributed by atoms with E-state index in [4.69, 9.17) is 0 Å². The highest BCUT2D eigenvalue weighted by atomic mass is 32.2. The second-order valence-corrected chi connectivity index (χ2v) is 9.82. The van der Waals surface area contributed by atoms with Gasteiger partial charge in [0, 0.05) is 19.6 Å². The first-order valence-corrected chi connectivity index (χ1v) is 12.1. The van der Waals surface area contributed by atoms with Crippen LogP contribution in [0.4, 0.5) is 0 Å². The molecule has 0 unspecified atom stereocenters. The van der Waals surface area contributed by atoms with Gasteiger partial charge in [0.05, 0.1) is 6.04 Å². The van der Waals surface area contributed by atoms with E-state index in [1.54, 1.807) is 17.5 Å². The van der Waals surface area contributed by atoms with Gasteiger partial charge in [-0.2, -0.15) is 0 Å². The number of benzene rings is 1. The number of likely N-dealkylation sites (tertiary alicyclic amines) is 1. The van der Waals surface area contributed by atoms with Crippen LogP contribution in [-0.4, -0.2) is 43.9 Å². The number of aliphatic imine (C=N–C) groups is 1. The monoisotopic (exact) mass is 409 g/mol. The minimum Gasteiger partial charge on any atom is -0.299 e. The molecule has 2 aromatic rings. The van der Waals surface area contributed by atoms with E-state index >= 15 is 0 Å². The summed E-state index contributed by atoms with van der Waals surface area (Å²) in [4.78, 5) is 7.08. The van der Waals surface area contributed by atoms with Crippen molar-refractivity contribution in [3.05, 3.63) is 53.4 Å². The predicted molar refractivity (Wildman–Crippen MR) is 110 cm³/mol. The maximum atomic E-state index is 12.4. The molecule has 2 heterocycles. The van der Waals surface area contributed by atoms with Gasteiger partial charge in [0.25, 0.3) is 10.0 Å². The molecule has 140 valence electrons. The van der Waals surface area contributed by atoms with Gasteiger partial charge in [-0.25, -0.2) is 8.42 Å². The summed E-state index contributed by atoms with van der Waals surface area (Å²) in [5, 5.41) is 2.23. The standard InChI is InChI=1S/C18H23N3O2S3/c1-24-18(20-26(22,23)17-8-5-13-25-17)19-16-9-11-21(12-10-16)14-15-6-3-2-4-7-15/h2-8,13,16H,9-12,14H2,1H3,(H,19,20). The normalized spacial score (nSPS) is 17.3. The number of piperidine rings is 1. The maximum Gasteiger partial charge on any atom is 0.272 e. The number of thiophene rings is 1. The number of thioether (sulfide) groups is 1. The van der Waals surface area contributed by atoms with Crippen molar-refractivity contribution in [2.75, 3.05) is 19.3 Å². The predicted octanol–water partition coefficient (Wildman–Crippen LogP) is 3.41. The molecule has 1 aliphatic heterocycles. The molecule has 1 N–H and O–H groups in total. The van der Waals surface area contributed by atoms with Crippen LogP contribution in [0.15, 0.2) is 57.0 Å². The van der Waals surface area contributed by atoms with E-state index in [0.29, 0.717) is 9.38 Å². The van der Waals surface area contributed by atoms with Gasteiger partial charge >= 0.3 is 0 Å². The lowest BCUT2D eigenvalue weighted by atomic mass is 10.1. The van der Waals surface area contributed by atoms with Gasteiger partial charge in [-0.3, -0.25) is 14.6 Å². The highest BCUT2D eigenvalue weighted by molar-refractivity contribution is 8.14. The second-order valence-electron chi connectivity index (χ2n) is 6.17. The molecular formula is C18H23N3O2S3. The molecule has 0 atom stereocenters. The Hall–Kier alpha value is -1.35. The summed E-state index contributed by atoms with van der Waals surface area (Å²) in [6.45, 7) is 2.91. The molecule has 0 amide bonds. The zero-order chi connectivity index (χ0) is 18.4. The Kier molecular flexibility index (Phi) is 6.74. The summed E-state index contributed by atoms with van der Waals surface area (Å²) in [6.07, 6.45) is 3.73. The molecule has 8 heteroatoms. The van der Waals surface area contributed by atoms with E-state index in [9.17, 15) is 8.42 Å². The molecule has 1 aromatic carbocycles. The van der Waals surface area contributed by atoms with Gasteiger partial charge in [0.2, 0.25) is 0 Å². The number of hydrogen-bond acceptors (Lipinski definition) is 6. The summed E-state index contributed by atoms with van der Waals surface area (Å²) >= 11 is 2.55. The van der Waals surface area contributed by atoms with E-state index in [1.807, 2.05) is 12.3 Å². The first kappa shape index (κ1) is 19.4. The summed E-state index contributed by atoms with van der Waals surface area (Å²) in [5.41, 5.74) is 1.32. The summed E-state index contributed by atoms with van der Waals surface area (Å²) in [7, 11) is -3.52. The van der Waals surface area contributed by atoms with Crippen LogP contribution >= 0.6 is 23.1 Å². The Bertz CT molecular complexity index is 813. The average Bonchev–Trinajstić information content (AvgIpc) is 3.19.